The third-order valence-electron chi connectivity index (χ3n) is 2.72. The summed E-state index contributed by atoms with van der Waals surface area (Å²) in [4.78, 5) is 4.24. The van der Waals surface area contributed by atoms with E-state index in [0.29, 0.717) is 5.92 Å². The molecule has 1 N–H and O–H groups in total. The second-order valence-corrected chi connectivity index (χ2v) is 3.60. The lowest BCUT2D eigenvalue weighted by Gasteiger charge is -2.08. The molecule has 1 aliphatic carbocycles. The van der Waals surface area contributed by atoms with Crippen molar-refractivity contribution in [2.45, 2.75) is 44.8 Å². The van der Waals surface area contributed by atoms with Crippen molar-refractivity contribution in [1.82, 2.24) is 14.8 Å². The molecule has 1 aliphatic rings. The molecule has 0 radical (unpaired) electrons. The zero-order valence-electron chi connectivity index (χ0n) is 7.85. The van der Waals surface area contributed by atoms with Gasteiger partial charge in [-0.2, -0.15) is 5.10 Å². The Labute approximate surface area is 77.6 Å². The van der Waals surface area contributed by atoms with E-state index in [1.807, 2.05) is 4.68 Å². The van der Waals surface area contributed by atoms with Crippen LogP contribution >= 0.6 is 0 Å². The first-order valence-corrected chi connectivity index (χ1v) is 4.87. The molecule has 1 heterocycles. The average molecular weight is 181 g/mol. The molecule has 4 heteroatoms. The van der Waals surface area contributed by atoms with Gasteiger partial charge >= 0.3 is 0 Å². The van der Waals surface area contributed by atoms with E-state index in [0.717, 1.165) is 31.6 Å². The summed E-state index contributed by atoms with van der Waals surface area (Å²) in [5.74, 6) is 1.46. The number of hydrogen-bond acceptors (Lipinski definition) is 3. The molecule has 1 saturated carbocycles. The molecule has 0 aromatic carbocycles. The first-order valence-electron chi connectivity index (χ1n) is 4.87. The SMILES string of the molecule is CCn1ncnc1C1CCC(O)C1. The van der Waals surface area contributed by atoms with Gasteiger partial charge in [-0.05, 0) is 26.2 Å². The molecule has 13 heavy (non-hydrogen) atoms. The topological polar surface area (TPSA) is 50.9 Å². The number of rotatable bonds is 2. The van der Waals surface area contributed by atoms with Crippen molar-refractivity contribution in [2.75, 3.05) is 0 Å². The highest BCUT2D eigenvalue weighted by Crippen LogP contribution is 2.32. The summed E-state index contributed by atoms with van der Waals surface area (Å²) in [5.41, 5.74) is 0. The fraction of sp³-hybridized carbons (Fsp3) is 0.778. The lowest BCUT2D eigenvalue weighted by atomic mass is 10.1. The van der Waals surface area contributed by atoms with Crippen LogP contribution in [-0.2, 0) is 6.54 Å². The van der Waals surface area contributed by atoms with Crippen LogP contribution in [0.1, 0.15) is 37.9 Å². The first-order chi connectivity index (χ1) is 6.31. The van der Waals surface area contributed by atoms with Crippen molar-refractivity contribution < 1.29 is 5.11 Å². The Balaban J connectivity index is 2.16. The number of aliphatic hydroxyl groups excluding tert-OH is 1. The lowest BCUT2D eigenvalue weighted by molar-refractivity contribution is 0.180. The smallest absolute Gasteiger partial charge is 0.138 e. The molecular weight excluding hydrogens is 166 g/mol. The Morgan fingerprint density at radius 2 is 2.46 bits per heavy atom. The first kappa shape index (κ1) is 8.69. The Morgan fingerprint density at radius 3 is 3.08 bits per heavy atom. The van der Waals surface area contributed by atoms with Crippen molar-refractivity contribution in [3.05, 3.63) is 12.2 Å². The van der Waals surface area contributed by atoms with E-state index in [4.69, 9.17) is 0 Å². The molecule has 0 saturated heterocycles. The molecular formula is C9H15N3O. The van der Waals surface area contributed by atoms with Gasteiger partial charge in [0.2, 0.25) is 0 Å². The van der Waals surface area contributed by atoms with E-state index in [9.17, 15) is 5.11 Å². The Morgan fingerprint density at radius 1 is 1.62 bits per heavy atom. The minimum Gasteiger partial charge on any atom is -0.393 e. The van der Waals surface area contributed by atoms with Gasteiger partial charge < -0.3 is 5.11 Å². The van der Waals surface area contributed by atoms with Crippen molar-refractivity contribution >= 4 is 0 Å². The molecule has 0 spiro atoms. The summed E-state index contributed by atoms with van der Waals surface area (Å²) in [5, 5.41) is 13.5. The van der Waals surface area contributed by atoms with Gasteiger partial charge in [-0.15, -0.1) is 0 Å². The molecule has 2 atom stereocenters. The van der Waals surface area contributed by atoms with E-state index >= 15 is 0 Å². The molecule has 0 bridgehead atoms. The van der Waals surface area contributed by atoms with Gasteiger partial charge in [0, 0.05) is 12.5 Å². The molecule has 1 aromatic rings. The van der Waals surface area contributed by atoms with Crippen LogP contribution in [0.25, 0.3) is 0 Å². The molecule has 0 aliphatic heterocycles. The van der Waals surface area contributed by atoms with E-state index in [1.165, 1.54) is 0 Å². The van der Waals surface area contributed by atoms with Crippen LogP contribution in [0.4, 0.5) is 0 Å². The van der Waals surface area contributed by atoms with Crippen molar-refractivity contribution in [3.8, 4) is 0 Å². The Kier molecular flexibility index (Phi) is 2.31. The van der Waals surface area contributed by atoms with Crippen LogP contribution in [0.5, 0.6) is 0 Å². The van der Waals surface area contributed by atoms with Gasteiger partial charge in [0.15, 0.2) is 0 Å². The molecule has 0 amide bonds. The van der Waals surface area contributed by atoms with Crippen LogP contribution in [0.15, 0.2) is 6.33 Å². The normalized spacial score (nSPS) is 28.2. The molecule has 1 aromatic heterocycles. The summed E-state index contributed by atoms with van der Waals surface area (Å²) in [7, 11) is 0. The quantitative estimate of drug-likeness (QED) is 0.738. The summed E-state index contributed by atoms with van der Waals surface area (Å²) in [6.07, 6.45) is 4.26. The zero-order chi connectivity index (χ0) is 9.26. The number of aryl methyl sites for hydroxylation is 1. The van der Waals surface area contributed by atoms with Crippen LogP contribution in [0, 0.1) is 0 Å². The monoisotopic (exact) mass is 181 g/mol. The van der Waals surface area contributed by atoms with Gasteiger partial charge in [0.25, 0.3) is 0 Å². The largest absolute Gasteiger partial charge is 0.393 e. The second-order valence-electron chi connectivity index (χ2n) is 3.60. The minimum atomic E-state index is -0.132. The summed E-state index contributed by atoms with van der Waals surface area (Å²) in [6, 6.07) is 0. The molecule has 2 rings (SSSR count). The highest BCUT2D eigenvalue weighted by molar-refractivity contribution is 5.00. The van der Waals surface area contributed by atoms with Crippen LogP contribution in [0.3, 0.4) is 0 Å². The van der Waals surface area contributed by atoms with Crippen LogP contribution < -0.4 is 0 Å². The Hall–Kier alpha value is -0.900. The summed E-state index contributed by atoms with van der Waals surface area (Å²) >= 11 is 0. The maximum Gasteiger partial charge on any atom is 0.138 e. The standard InChI is InChI=1S/C9H15N3O/c1-2-12-9(10-6-11-12)7-3-4-8(13)5-7/h6-8,13H,2-5H2,1H3. The van der Waals surface area contributed by atoms with Gasteiger partial charge in [-0.3, -0.25) is 4.68 Å². The van der Waals surface area contributed by atoms with E-state index in [1.54, 1.807) is 6.33 Å². The van der Waals surface area contributed by atoms with E-state index in [2.05, 4.69) is 17.0 Å². The average Bonchev–Trinajstić information content (AvgIpc) is 2.71. The maximum absolute atomic E-state index is 9.40. The van der Waals surface area contributed by atoms with Crippen LogP contribution in [0.2, 0.25) is 0 Å². The van der Waals surface area contributed by atoms with E-state index < -0.39 is 0 Å². The van der Waals surface area contributed by atoms with Crippen molar-refractivity contribution in [1.29, 1.82) is 0 Å². The highest BCUT2D eigenvalue weighted by atomic mass is 16.3. The van der Waals surface area contributed by atoms with Gasteiger partial charge in [-0.1, -0.05) is 0 Å². The molecule has 2 unspecified atom stereocenters. The molecule has 4 nitrogen and oxygen atoms in total. The number of nitrogens with zero attached hydrogens (tertiary/aromatic N) is 3. The summed E-state index contributed by atoms with van der Waals surface area (Å²) in [6.45, 7) is 2.92. The second kappa shape index (κ2) is 3.46. The van der Waals surface area contributed by atoms with Crippen molar-refractivity contribution in [2.24, 2.45) is 0 Å². The third kappa shape index (κ3) is 1.58. The number of aliphatic hydroxyl groups is 1. The lowest BCUT2D eigenvalue weighted by Crippen LogP contribution is -2.08. The fourth-order valence-corrected chi connectivity index (χ4v) is 2.03. The zero-order valence-corrected chi connectivity index (χ0v) is 7.85. The molecule has 1 fully saturated rings. The number of hydrogen-bond donors (Lipinski definition) is 1. The fourth-order valence-electron chi connectivity index (χ4n) is 2.03. The highest BCUT2D eigenvalue weighted by Gasteiger charge is 2.27. The van der Waals surface area contributed by atoms with Gasteiger partial charge in [0.05, 0.1) is 6.10 Å². The predicted octanol–water partition coefficient (Wildman–Crippen LogP) is 0.926. The van der Waals surface area contributed by atoms with Gasteiger partial charge in [0.1, 0.15) is 12.2 Å². The molecule has 72 valence electrons. The minimum absolute atomic E-state index is 0.132. The third-order valence-corrected chi connectivity index (χ3v) is 2.72. The van der Waals surface area contributed by atoms with Gasteiger partial charge in [-0.25, -0.2) is 4.98 Å². The maximum atomic E-state index is 9.40. The predicted molar refractivity (Wildman–Crippen MR) is 48.3 cm³/mol. The summed E-state index contributed by atoms with van der Waals surface area (Å²) < 4.78 is 1.92. The van der Waals surface area contributed by atoms with E-state index in [-0.39, 0.29) is 6.10 Å². The van der Waals surface area contributed by atoms with Crippen molar-refractivity contribution in [3.63, 3.8) is 0 Å². The number of aromatic nitrogens is 3. The Bertz CT molecular complexity index is 284. The van der Waals surface area contributed by atoms with Crippen LogP contribution in [-0.4, -0.2) is 26.0 Å².